The Balaban J connectivity index is 2.87. The average Bonchev–Trinajstić information content (AvgIpc) is 2.28. The summed E-state index contributed by atoms with van der Waals surface area (Å²) in [6.45, 7) is 2.04. The highest BCUT2D eigenvalue weighted by molar-refractivity contribution is 9.08. The molecule has 2 rings (SSSR count). The largest absolute Gasteiger partial charge is 0.281 e. The molecule has 62 valence electrons. The molecule has 0 unspecified atom stereocenters. The van der Waals surface area contributed by atoms with E-state index in [1.807, 2.05) is 28.7 Å². The second-order valence-corrected chi connectivity index (χ2v) is 3.92. The maximum Gasteiger partial charge on any atom is 0.0595 e. The van der Waals surface area contributed by atoms with Gasteiger partial charge in [-0.25, -0.2) is 0 Å². The SMILES string of the molecule is Cc1cc2cc(Cl)ccc2n1Br. The lowest BCUT2D eigenvalue weighted by molar-refractivity contribution is 1.24. The molecule has 0 radical (unpaired) electrons. The summed E-state index contributed by atoms with van der Waals surface area (Å²) < 4.78 is 1.97. The summed E-state index contributed by atoms with van der Waals surface area (Å²) in [5, 5.41) is 1.94. The van der Waals surface area contributed by atoms with Crippen LogP contribution in [0.5, 0.6) is 0 Å². The van der Waals surface area contributed by atoms with Gasteiger partial charge in [0.25, 0.3) is 0 Å². The van der Waals surface area contributed by atoms with Crippen LogP contribution < -0.4 is 0 Å². The first-order valence-electron chi connectivity index (χ1n) is 3.62. The first kappa shape index (κ1) is 8.14. The van der Waals surface area contributed by atoms with Crippen molar-refractivity contribution in [1.82, 2.24) is 3.59 Å². The quantitative estimate of drug-likeness (QED) is 0.665. The molecule has 1 aromatic carbocycles. The zero-order valence-electron chi connectivity index (χ0n) is 6.51. The zero-order valence-corrected chi connectivity index (χ0v) is 8.85. The van der Waals surface area contributed by atoms with Gasteiger partial charge in [-0.05, 0) is 31.2 Å². The monoisotopic (exact) mass is 243 g/mol. The van der Waals surface area contributed by atoms with Crippen LogP contribution in [0.25, 0.3) is 10.9 Å². The Morgan fingerprint density at radius 2 is 2.08 bits per heavy atom. The number of aryl methyl sites for hydroxylation is 1. The highest BCUT2D eigenvalue weighted by atomic mass is 79.9. The Morgan fingerprint density at radius 1 is 1.33 bits per heavy atom. The molecule has 0 saturated heterocycles. The number of hydrogen-bond donors (Lipinski definition) is 0. The van der Waals surface area contributed by atoms with E-state index in [1.165, 1.54) is 5.69 Å². The summed E-state index contributed by atoms with van der Waals surface area (Å²) in [5.74, 6) is 0. The molecule has 0 fully saturated rings. The van der Waals surface area contributed by atoms with E-state index in [-0.39, 0.29) is 0 Å². The van der Waals surface area contributed by atoms with E-state index < -0.39 is 0 Å². The molecule has 1 nitrogen and oxygen atoms in total. The number of nitrogens with zero attached hydrogens (tertiary/aromatic N) is 1. The molecule has 3 heteroatoms. The molecule has 12 heavy (non-hydrogen) atoms. The van der Waals surface area contributed by atoms with E-state index in [4.69, 9.17) is 11.6 Å². The van der Waals surface area contributed by atoms with Crippen molar-refractivity contribution in [2.45, 2.75) is 6.92 Å². The predicted molar refractivity (Wildman–Crippen MR) is 56.0 cm³/mol. The summed E-state index contributed by atoms with van der Waals surface area (Å²) in [4.78, 5) is 0. The molecule has 0 aliphatic heterocycles. The van der Waals surface area contributed by atoms with Gasteiger partial charge in [-0.15, -0.1) is 0 Å². The highest BCUT2D eigenvalue weighted by Crippen LogP contribution is 2.24. The van der Waals surface area contributed by atoms with Crippen LogP contribution in [0.2, 0.25) is 5.02 Å². The molecule has 0 bridgehead atoms. The zero-order chi connectivity index (χ0) is 8.72. The molecule has 0 saturated carbocycles. The Morgan fingerprint density at radius 3 is 2.83 bits per heavy atom. The van der Waals surface area contributed by atoms with E-state index in [9.17, 15) is 0 Å². The van der Waals surface area contributed by atoms with E-state index in [2.05, 4.69) is 22.2 Å². The van der Waals surface area contributed by atoms with Crippen molar-refractivity contribution in [2.75, 3.05) is 0 Å². The fraction of sp³-hybridized carbons (Fsp3) is 0.111. The van der Waals surface area contributed by atoms with Gasteiger partial charge >= 0.3 is 0 Å². The van der Waals surface area contributed by atoms with Crippen molar-refractivity contribution in [3.05, 3.63) is 35.0 Å². The van der Waals surface area contributed by atoms with Gasteiger partial charge in [0.1, 0.15) is 0 Å². The fourth-order valence-corrected chi connectivity index (χ4v) is 1.90. The first-order chi connectivity index (χ1) is 5.68. The van der Waals surface area contributed by atoms with Crippen LogP contribution in [0.4, 0.5) is 0 Å². The Bertz CT molecular complexity index is 433. The summed E-state index contributed by atoms with van der Waals surface area (Å²) in [6, 6.07) is 7.94. The normalized spacial score (nSPS) is 10.9. The number of hydrogen-bond acceptors (Lipinski definition) is 0. The molecule has 0 amide bonds. The number of fused-ring (bicyclic) bond motifs is 1. The number of halogens is 2. The Kier molecular flexibility index (Phi) is 1.89. The van der Waals surface area contributed by atoms with E-state index in [0.717, 1.165) is 15.9 Å². The maximum absolute atomic E-state index is 5.86. The van der Waals surface area contributed by atoms with Crippen molar-refractivity contribution >= 4 is 38.7 Å². The maximum atomic E-state index is 5.86. The molecule has 0 atom stereocenters. The lowest BCUT2D eigenvalue weighted by atomic mass is 10.2. The molecule has 0 spiro atoms. The molecule has 0 N–H and O–H groups in total. The average molecular weight is 245 g/mol. The third-order valence-electron chi connectivity index (χ3n) is 1.88. The Labute approximate surface area is 84.3 Å². The van der Waals surface area contributed by atoms with Gasteiger partial charge in [-0.2, -0.15) is 0 Å². The van der Waals surface area contributed by atoms with Gasteiger partial charge in [-0.3, -0.25) is 3.59 Å². The lowest BCUT2D eigenvalue weighted by Crippen LogP contribution is -1.79. The van der Waals surface area contributed by atoms with Gasteiger partial charge in [0, 0.05) is 16.1 Å². The summed E-state index contributed by atoms with van der Waals surface area (Å²) >= 11 is 9.30. The van der Waals surface area contributed by atoms with Crippen LogP contribution in [-0.4, -0.2) is 3.59 Å². The molecule has 1 aromatic heterocycles. The van der Waals surface area contributed by atoms with Gasteiger partial charge in [0.15, 0.2) is 0 Å². The van der Waals surface area contributed by atoms with Crippen molar-refractivity contribution in [2.24, 2.45) is 0 Å². The standard InChI is InChI=1S/C9H7BrClN/c1-6-4-7-5-8(11)2-3-9(7)12(6)10/h2-5H,1H3. The topological polar surface area (TPSA) is 4.93 Å². The lowest BCUT2D eigenvalue weighted by Gasteiger charge is -1.94. The third kappa shape index (κ3) is 1.15. The van der Waals surface area contributed by atoms with Crippen LogP contribution in [0, 0.1) is 6.92 Å². The summed E-state index contributed by atoms with van der Waals surface area (Å²) in [6.07, 6.45) is 0. The van der Waals surface area contributed by atoms with Crippen molar-refractivity contribution in [1.29, 1.82) is 0 Å². The second-order valence-electron chi connectivity index (χ2n) is 2.77. The highest BCUT2D eigenvalue weighted by Gasteiger charge is 2.02. The second kappa shape index (κ2) is 2.79. The molecule has 2 aromatic rings. The third-order valence-corrected chi connectivity index (χ3v) is 3.05. The van der Waals surface area contributed by atoms with Gasteiger partial charge < -0.3 is 0 Å². The fourth-order valence-electron chi connectivity index (χ4n) is 1.29. The minimum Gasteiger partial charge on any atom is -0.281 e. The molecule has 1 heterocycles. The van der Waals surface area contributed by atoms with E-state index in [0.29, 0.717) is 0 Å². The van der Waals surface area contributed by atoms with Crippen LogP contribution in [0.3, 0.4) is 0 Å². The van der Waals surface area contributed by atoms with Crippen LogP contribution in [-0.2, 0) is 0 Å². The summed E-state index contributed by atoms with van der Waals surface area (Å²) in [5.41, 5.74) is 2.32. The van der Waals surface area contributed by atoms with Crippen LogP contribution in [0.15, 0.2) is 24.3 Å². The number of aromatic nitrogens is 1. The Hall–Kier alpha value is -0.470. The first-order valence-corrected chi connectivity index (χ1v) is 4.71. The molecular formula is C9H7BrClN. The van der Waals surface area contributed by atoms with Crippen LogP contribution in [0.1, 0.15) is 5.69 Å². The van der Waals surface area contributed by atoms with Gasteiger partial charge in [0.05, 0.1) is 21.7 Å². The van der Waals surface area contributed by atoms with E-state index >= 15 is 0 Å². The number of benzene rings is 1. The minimum atomic E-state index is 0.778. The number of rotatable bonds is 0. The van der Waals surface area contributed by atoms with Gasteiger partial charge in [-0.1, -0.05) is 11.6 Å². The minimum absolute atomic E-state index is 0.778. The summed E-state index contributed by atoms with van der Waals surface area (Å²) in [7, 11) is 0. The van der Waals surface area contributed by atoms with E-state index in [1.54, 1.807) is 0 Å². The smallest absolute Gasteiger partial charge is 0.0595 e. The van der Waals surface area contributed by atoms with Crippen molar-refractivity contribution in [3.8, 4) is 0 Å². The molecule has 0 aliphatic carbocycles. The van der Waals surface area contributed by atoms with Crippen molar-refractivity contribution < 1.29 is 0 Å². The molecular weight excluding hydrogens is 237 g/mol. The van der Waals surface area contributed by atoms with Crippen LogP contribution >= 0.6 is 27.7 Å². The van der Waals surface area contributed by atoms with Gasteiger partial charge in [0.2, 0.25) is 0 Å². The molecule has 0 aliphatic rings. The van der Waals surface area contributed by atoms with Crippen molar-refractivity contribution in [3.63, 3.8) is 0 Å². The predicted octanol–water partition coefficient (Wildman–Crippen LogP) is 3.76.